The van der Waals surface area contributed by atoms with E-state index in [0.717, 1.165) is 10.2 Å². The monoisotopic (exact) mass is 325 g/mol. The lowest BCUT2D eigenvalue weighted by atomic mass is 10.3. The summed E-state index contributed by atoms with van der Waals surface area (Å²) in [6, 6.07) is 7.29. The van der Waals surface area contributed by atoms with Gasteiger partial charge >= 0.3 is 0 Å². The predicted octanol–water partition coefficient (Wildman–Crippen LogP) is 4.03. The Morgan fingerprint density at radius 3 is 2.80 bits per heavy atom. The Bertz CT molecular complexity index is 774. The first-order chi connectivity index (χ1) is 9.69. The lowest BCUT2D eigenvalue weighted by molar-refractivity contribution is 1.16. The second-order valence-electron chi connectivity index (χ2n) is 3.91. The van der Waals surface area contributed by atoms with Crippen LogP contribution >= 0.6 is 34.5 Å². The van der Waals surface area contributed by atoms with E-state index in [-0.39, 0.29) is 0 Å². The number of aromatic nitrogens is 2. The number of hydrazine groups is 1. The minimum atomic E-state index is 0.334. The van der Waals surface area contributed by atoms with Gasteiger partial charge in [0.25, 0.3) is 0 Å². The van der Waals surface area contributed by atoms with E-state index in [1.165, 1.54) is 11.3 Å². The molecule has 2 aromatic heterocycles. The fourth-order valence-electron chi connectivity index (χ4n) is 1.74. The average molecular weight is 326 g/mol. The standard InChI is InChI=1S/C12H9Cl2N5S/c13-7-2-1-3-8(9(7)14)16-10-6-4-5-20-11(6)18-12(17-10)19-15/h1-5H,15H2,(H2,16,17,18,19). The summed E-state index contributed by atoms with van der Waals surface area (Å²) in [6.07, 6.45) is 0. The highest BCUT2D eigenvalue weighted by atomic mass is 35.5. The minimum Gasteiger partial charge on any atom is -0.338 e. The van der Waals surface area contributed by atoms with Crippen LogP contribution in [-0.2, 0) is 0 Å². The molecule has 0 amide bonds. The summed E-state index contributed by atoms with van der Waals surface area (Å²) in [5.41, 5.74) is 3.12. The van der Waals surface area contributed by atoms with E-state index in [9.17, 15) is 0 Å². The fraction of sp³-hybridized carbons (Fsp3) is 0. The van der Waals surface area contributed by atoms with Crippen molar-refractivity contribution in [2.24, 2.45) is 5.84 Å². The first-order valence-corrected chi connectivity index (χ1v) is 7.25. The van der Waals surface area contributed by atoms with Gasteiger partial charge in [0.2, 0.25) is 5.95 Å². The Hall–Kier alpha value is -1.60. The number of thiophene rings is 1. The van der Waals surface area contributed by atoms with Gasteiger partial charge in [-0.05, 0) is 23.6 Å². The lowest BCUT2D eigenvalue weighted by Gasteiger charge is -2.10. The van der Waals surface area contributed by atoms with Crippen LogP contribution in [0.2, 0.25) is 10.0 Å². The number of hydrogen-bond donors (Lipinski definition) is 3. The van der Waals surface area contributed by atoms with Crippen molar-refractivity contribution in [2.45, 2.75) is 0 Å². The Morgan fingerprint density at radius 2 is 2.00 bits per heavy atom. The average Bonchev–Trinajstić information content (AvgIpc) is 2.92. The van der Waals surface area contributed by atoms with Gasteiger partial charge < -0.3 is 5.32 Å². The molecule has 2 heterocycles. The molecular weight excluding hydrogens is 317 g/mol. The summed E-state index contributed by atoms with van der Waals surface area (Å²) >= 11 is 13.7. The van der Waals surface area contributed by atoms with Crippen molar-refractivity contribution >= 4 is 62.2 Å². The smallest absolute Gasteiger partial charge is 0.240 e. The second-order valence-corrected chi connectivity index (χ2v) is 5.59. The van der Waals surface area contributed by atoms with Gasteiger partial charge in [-0.1, -0.05) is 29.3 Å². The molecule has 0 bridgehead atoms. The maximum atomic E-state index is 6.17. The Balaban J connectivity index is 2.10. The third kappa shape index (κ3) is 2.38. The van der Waals surface area contributed by atoms with Gasteiger partial charge in [-0.15, -0.1) is 11.3 Å². The molecule has 0 saturated carbocycles. The molecule has 0 fully saturated rings. The van der Waals surface area contributed by atoms with Gasteiger partial charge in [0.15, 0.2) is 0 Å². The molecule has 8 heteroatoms. The molecule has 0 aliphatic carbocycles. The van der Waals surface area contributed by atoms with E-state index in [1.807, 2.05) is 23.6 Å². The van der Waals surface area contributed by atoms with Crippen LogP contribution in [0.15, 0.2) is 29.6 Å². The van der Waals surface area contributed by atoms with Crippen LogP contribution < -0.4 is 16.6 Å². The normalized spacial score (nSPS) is 10.8. The summed E-state index contributed by atoms with van der Waals surface area (Å²) in [6.45, 7) is 0. The quantitative estimate of drug-likeness (QED) is 0.500. The van der Waals surface area contributed by atoms with Crippen molar-refractivity contribution in [3.05, 3.63) is 39.7 Å². The fourth-order valence-corrected chi connectivity index (χ4v) is 2.85. The number of hydrogen-bond acceptors (Lipinski definition) is 6. The van der Waals surface area contributed by atoms with E-state index >= 15 is 0 Å². The van der Waals surface area contributed by atoms with E-state index in [4.69, 9.17) is 29.0 Å². The number of anilines is 3. The molecule has 5 nitrogen and oxygen atoms in total. The molecule has 0 saturated heterocycles. The third-order valence-corrected chi connectivity index (χ3v) is 4.28. The number of nitrogens with two attached hydrogens (primary N) is 1. The number of rotatable bonds is 3. The zero-order valence-corrected chi connectivity index (χ0v) is 12.4. The molecule has 0 aliphatic rings. The van der Waals surface area contributed by atoms with E-state index < -0.39 is 0 Å². The molecule has 1 aromatic carbocycles. The van der Waals surface area contributed by atoms with Crippen molar-refractivity contribution < 1.29 is 0 Å². The molecule has 3 aromatic rings. The molecular formula is C12H9Cl2N5S. The van der Waals surface area contributed by atoms with Crippen molar-refractivity contribution in [3.8, 4) is 0 Å². The molecule has 0 atom stereocenters. The van der Waals surface area contributed by atoms with Crippen molar-refractivity contribution in [1.82, 2.24) is 9.97 Å². The largest absolute Gasteiger partial charge is 0.338 e. The van der Waals surface area contributed by atoms with Crippen LogP contribution in [0.5, 0.6) is 0 Å². The highest BCUT2D eigenvalue weighted by Crippen LogP contribution is 2.34. The number of nitrogens with zero attached hydrogens (tertiary/aromatic N) is 2. The lowest BCUT2D eigenvalue weighted by Crippen LogP contribution is -2.11. The SMILES string of the molecule is NNc1nc(Nc2cccc(Cl)c2Cl)c2ccsc2n1. The number of nitrogens with one attached hydrogen (secondary N) is 2. The Morgan fingerprint density at radius 1 is 1.15 bits per heavy atom. The molecule has 0 aliphatic heterocycles. The molecule has 20 heavy (non-hydrogen) atoms. The zero-order chi connectivity index (χ0) is 14.1. The maximum Gasteiger partial charge on any atom is 0.240 e. The van der Waals surface area contributed by atoms with E-state index in [2.05, 4.69) is 20.7 Å². The predicted molar refractivity (Wildman–Crippen MR) is 85.0 cm³/mol. The first kappa shape index (κ1) is 13.4. The van der Waals surface area contributed by atoms with Gasteiger partial charge in [-0.2, -0.15) is 4.98 Å². The Labute approximate surface area is 128 Å². The number of halogens is 2. The van der Waals surface area contributed by atoms with Gasteiger partial charge in [0.05, 0.1) is 21.1 Å². The Kier molecular flexibility index (Phi) is 3.62. The van der Waals surface area contributed by atoms with E-state index in [1.54, 1.807) is 6.07 Å². The summed E-state index contributed by atoms with van der Waals surface area (Å²) in [5.74, 6) is 6.33. The van der Waals surface area contributed by atoms with Crippen LogP contribution in [-0.4, -0.2) is 9.97 Å². The van der Waals surface area contributed by atoms with Crippen molar-refractivity contribution in [3.63, 3.8) is 0 Å². The maximum absolute atomic E-state index is 6.17. The van der Waals surface area contributed by atoms with Crippen LogP contribution in [0.3, 0.4) is 0 Å². The molecule has 4 N–H and O–H groups in total. The van der Waals surface area contributed by atoms with Crippen LogP contribution in [0.1, 0.15) is 0 Å². The van der Waals surface area contributed by atoms with E-state index in [0.29, 0.717) is 27.5 Å². The number of benzene rings is 1. The minimum absolute atomic E-state index is 0.334. The second kappa shape index (κ2) is 5.41. The van der Waals surface area contributed by atoms with Gasteiger partial charge in [0, 0.05) is 0 Å². The number of nitrogen functional groups attached to an aromatic ring is 1. The topological polar surface area (TPSA) is 75.9 Å². The molecule has 0 radical (unpaired) electrons. The van der Waals surface area contributed by atoms with Crippen molar-refractivity contribution in [1.29, 1.82) is 0 Å². The van der Waals surface area contributed by atoms with Crippen LogP contribution in [0, 0.1) is 0 Å². The summed E-state index contributed by atoms with van der Waals surface area (Å²) < 4.78 is 0. The van der Waals surface area contributed by atoms with Crippen molar-refractivity contribution in [2.75, 3.05) is 10.7 Å². The zero-order valence-electron chi connectivity index (χ0n) is 10.0. The third-order valence-electron chi connectivity index (χ3n) is 2.66. The van der Waals surface area contributed by atoms with Crippen LogP contribution in [0.4, 0.5) is 17.5 Å². The molecule has 102 valence electrons. The molecule has 0 unspecified atom stereocenters. The number of fused-ring (bicyclic) bond motifs is 1. The van der Waals surface area contributed by atoms with Gasteiger partial charge in [-0.3, -0.25) is 5.43 Å². The molecule has 0 spiro atoms. The highest BCUT2D eigenvalue weighted by Gasteiger charge is 2.11. The van der Waals surface area contributed by atoms with Gasteiger partial charge in [-0.25, -0.2) is 10.8 Å². The summed E-state index contributed by atoms with van der Waals surface area (Å²) in [4.78, 5) is 9.40. The van der Waals surface area contributed by atoms with Crippen LogP contribution in [0.25, 0.3) is 10.2 Å². The highest BCUT2D eigenvalue weighted by molar-refractivity contribution is 7.16. The molecule has 3 rings (SSSR count). The van der Waals surface area contributed by atoms with Gasteiger partial charge in [0.1, 0.15) is 10.6 Å². The summed E-state index contributed by atoms with van der Waals surface area (Å²) in [7, 11) is 0. The first-order valence-electron chi connectivity index (χ1n) is 5.62. The summed E-state index contributed by atoms with van der Waals surface area (Å²) in [5, 5.41) is 6.91.